The second-order valence-electron chi connectivity index (χ2n) is 5.34. The van der Waals surface area contributed by atoms with Crippen LogP contribution in [0.3, 0.4) is 0 Å². The molecule has 1 aliphatic heterocycles. The van der Waals surface area contributed by atoms with Crippen LogP contribution in [0.5, 0.6) is 5.75 Å². The van der Waals surface area contributed by atoms with Gasteiger partial charge in [0.2, 0.25) is 0 Å². The molecule has 0 saturated carbocycles. The van der Waals surface area contributed by atoms with Crippen molar-refractivity contribution in [3.8, 4) is 5.75 Å². The van der Waals surface area contributed by atoms with Gasteiger partial charge < -0.3 is 19.7 Å². The minimum atomic E-state index is -2.87. The second-order valence-corrected chi connectivity index (χ2v) is 5.34. The maximum Gasteiger partial charge on any atom is 0.410 e. The summed E-state index contributed by atoms with van der Waals surface area (Å²) in [5.74, 6) is 0.0486. The second kappa shape index (κ2) is 7.40. The Hall–Kier alpha value is -1.89. The van der Waals surface area contributed by atoms with Crippen LogP contribution in [-0.4, -0.2) is 42.8 Å². The smallest absolute Gasteiger partial charge is 0.410 e. The molecule has 5 nitrogen and oxygen atoms in total. The van der Waals surface area contributed by atoms with Crippen molar-refractivity contribution < 1.29 is 23.0 Å². The van der Waals surface area contributed by atoms with Gasteiger partial charge in [-0.25, -0.2) is 4.79 Å². The summed E-state index contributed by atoms with van der Waals surface area (Å²) in [7, 11) is 0. The molecule has 1 saturated heterocycles. The monoisotopic (exact) mass is 314 g/mol. The quantitative estimate of drug-likeness (QED) is 0.928. The van der Waals surface area contributed by atoms with Gasteiger partial charge >= 0.3 is 12.7 Å². The molecule has 1 aliphatic rings. The first-order valence-corrected chi connectivity index (χ1v) is 7.17. The van der Waals surface area contributed by atoms with E-state index < -0.39 is 12.7 Å². The minimum Gasteiger partial charge on any atom is -0.445 e. The lowest BCUT2D eigenvalue weighted by molar-refractivity contribution is -0.0499. The van der Waals surface area contributed by atoms with Crippen LogP contribution in [0, 0.1) is 0 Å². The molecule has 0 spiro atoms. The van der Waals surface area contributed by atoms with Crippen molar-refractivity contribution in [1.82, 2.24) is 10.2 Å². The van der Waals surface area contributed by atoms with Gasteiger partial charge in [0, 0.05) is 25.2 Å². The molecule has 1 aromatic carbocycles. The highest BCUT2D eigenvalue weighted by molar-refractivity contribution is 5.68. The zero-order chi connectivity index (χ0) is 16.1. The lowest BCUT2D eigenvalue weighted by Crippen LogP contribution is -2.57. The van der Waals surface area contributed by atoms with E-state index in [1.54, 1.807) is 17.0 Å². The zero-order valence-electron chi connectivity index (χ0n) is 12.6. The third-order valence-corrected chi connectivity index (χ3v) is 3.53. The molecule has 7 heteroatoms. The van der Waals surface area contributed by atoms with E-state index in [2.05, 4.69) is 10.1 Å². The van der Waals surface area contributed by atoms with E-state index in [9.17, 15) is 13.6 Å². The molecule has 122 valence electrons. The van der Waals surface area contributed by atoms with E-state index in [-0.39, 0.29) is 24.4 Å². The Morgan fingerprint density at radius 2 is 2.05 bits per heavy atom. The fourth-order valence-electron chi connectivity index (χ4n) is 2.52. The Morgan fingerprint density at radius 1 is 1.36 bits per heavy atom. The van der Waals surface area contributed by atoms with E-state index >= 15 is 0 Å². The summed E-state index contributed by atoms with van der Waals surface area (Å²) in [6, 6.07) is 6.23. The number of carbonyl (C=O) groups excluding carboxylic acids is 1. The molecule has 0 aliphatic carbocycles. The Balaban J connectivity index is 1.93. The largest absolute Gasteiger partial charge is 0.445 e. The molecule has 1 amide bonds. The Kier molecular flexibility index (Phi) is 5.54. The molecule has 1 fully saturated rings. The van der Waals surface area contributed by atoms with Gasteiger partial charge in [0.15, 0.2) is 0 Å². The molecule has 2 rings (SSSR count). The number of hydrogen-bond acceptors (Lipinski definition) is 4. The Labute approximate surface area is 128 Å². The van der Waals surface area contributed by atoms with E-state index in [0.29, 0.717) is 5.56 Å². The summed E-state index contributed by atoms with van der Waals surface area (Å²) in [5, 5.41) is 3.23. The first-order chi connectivity index (χ1) is 10.5. The first-order valence-electron chi connectivity index (χ1n) is 7.17. The molecule has 0 unspecified atom stereocenters. The number of hydrogen-bond donors (Lipinski definition) is 1. The number of benzene rings is 1. The Morgan fingerprint density at radius 3 is 2.68 bits per heavy atom. The number of carbonyl (C=O) groups is 1. The van der Waals surface area contributed by atoms with Crippen LogP contribution in [0.1, 0.15) is 19.4 Å². The SMILES string of the molecule is C[C@@H]1CNC[C@H](C)N1C(=O)OCc1cccc(OC(F)F)c1. The fourth-order valence-corrected chi connectivity index (χ4v) is 2.52. The molecule has 2 atom stereocenters. The van der Waals surface area contributed by atoms with Gasteiger partial charge in [-0.15, -0.1) is 0 Å². The molecular weight excluding hydrogens is 294 g/mol. The third kappa shape index (κ3) is 4.30. The van der Waals surface area contributed by atoms with E-state index in [0.717, 1.165) is 13.1 Å². The highest BCUT2D eigenvalue weighted by atomic mass is 19.3. The number of piperazine rings is 1. The number of nitrogens with zero attached hydrogens (tertiary/aromatic N) is 1. The minimum absolute atomic E-state index is 0.0165. The molecule has 22 heavy (non-hydrogen) atoms. The van der Waals surface area contributed by atoms with Crippen molar-refractivity contribution in [1.29, 1.82) is 0 Å². The predicted octanol–water partition coefficient (Wildman–Crippen LogP) is 2.61. The molecule has 0 bridgehead atoms. The van der Waals surface area contributed by atoms with Crippen molar-refractivity contribution in [2.45, 2.75) is 39.1 Å². The molecule has 1 N–H and O–H groups in total. The summed E-state index contributed by atoms with van der Waals surface area (Å²) in [6.07, 6.45) is -0.401. The molecule has 1 aromatic rings. The highest BCUT2D eigenvalue weighted by Crippen LogP contribution is 2.18. The van der Waals surface area contributed by atoms with Crippen LogP contribution in [-0.2, 0) is 11.3 Å². The molecule has 0 aromatic heterocycles. The van der Waals surface area contributed by atoms with Gasteiger partial charge in [-0.1, -0.05) is 12.1 Å². The van der Waals surface area contributed by atoms with Crippen molar-refractivity contribution >= 4 is 6.09 Å². The van der Waals surface area contributed by atoms with Crippen LogP contribution in [0.15, 0.2) is 24.3 Å². The van der Waals surface area contributed by atoms with Crippen molar-refractivity contribution in [2.24, 2.45) is 0 Å². The summed E-state index contributed by atoms with van der Waals surface area (Å²) in [4.78, 5) is 13.9. The van der Waals surface area contributed by atoms with Crippen LogP contribution in [0.25, 0.3) is 0 Å². The third-order valence-electron chi connectivity index (χ3n) is 3.53. The normalized spacial score (nSPS) is 21.8. The van der Waals surface area contributed by atoms with E-state index in [4.69, 9.17) is 4.74 Å². The van der Waals surface area contributed by atoms with Crippen LogP contribution in [0.2, 0.25) is 0 Å². The number of ether oxygens (including phenoxy) is 2. The van der Waals surface area contributed by atoms with Gasteiger partial charge in [-0.3, -0.25) is 0 Å². The summed E-state index contributed by atoms with van der Waals surface area (Å²) in [6.45, 7) is 2.47. The van der Waals surface area contributed by atoms with E-state index in [1.165, 1.54) is 12.1 Å². The van der Waals surface area contributed by atoms with Gasteiger partial charge in [0.1, 0.15) is 12.4 Å². The van der Waals surface area contributed by atoms with Gasteiger partial charge in [-0.2, -0.15) is 8.78 Å². The van der Waals surface area contributed by atoms with Crippen LogP contribution >= 0.6 is 0 Å². The van der Waals surface area contributed by atoms with Crippen LogP contribution in [0.4, 0.5) is 13.6 Å². The Bertz CT molecular complexity index is 503. The van der Waals surface area contributed by atoms with E-state index in [1.807, 2.05) is 13.8 Å². The average molecular weight is 314 g/mol. The van der Waals surface area contributed by atoms with Crippen molar-refractivity contribution in [2.75, 3.05) is 13.1 Å². The molecule has 1 heterocycles. The van der Waals surface area contributed by atoms with Gasteiger partial charge in [0.25, 0.3) is 0 Å². The highest BCUT2D eigenvalue weighted by Gasteiger charge is 2.29. The lowest BCUT2D eigenvalue weighted by Gasteiger charge is -2.38. The number of nitrogens with one attached hydrogen (secondary N) is 1. The maximum absolute atomic E-state index is 12.2. The topological polar surface area (TPSA) is 50.8 Å². The summed E-state index contributed by atoms with van der Waals surface area (Å²) >= 11 is 0. The van der Waals surface area contributed by atoms with Crippen LogP contribution < -0.4 is 10.1 Å². The number of alkyl halides is 2. The maximum atomic E-state index is 12.2. The summed E-state index contributed by atoms with van der Waals surface area (Å²) in [5.41, 5.74) is 0.599. The van der Waals surface area contributed by atoms with Gasteiger partial charge in [-0.05, 0) is 31.5 Å². The van der Waals surface area contributed by atoms with Crippen molar-refractivity contribution in [3.63, 3.8) is 0 Å². The fraction of sp³-hybridized carbons (Fsp3) is 0.533. The van der Waals surface area contributed by atoms with Gasteiger partial charge in [0.05, 0.1) is 0 Å². The first kappa shape index (κ1) is 16.5. The predicted molar refractivity (Wildman–Crippen MR) is 76.9 cm³/mol. The number of amides is 1. The summed E-state index contributed by atoms with van der Waals surface area (Å²) < 4.78 is 34.0. The molecule has 0 radical (unpaired) electrons. The van der Waals surface area contributed by atoms with Crippen molar-refractivity contribution in [3.05, 3.63) is 29.8 Å². The average Bonchev–Trinajstić information content (AvgIpc) is 2.44. The molecular formula is C15H20F2N2O3. The standard InChI is InChI=1S/C15H20F2N2O3/c1-10-7-18-8-11(2)19(10)15(20)21-9-12-4-3-5-13(6-12)22-14(16)17/h3-6,10-11,14,18H,7-9H2,1-2H3/t10-,11+. The number of halogens is 2. The number of rotatable bonds is 4. The zero-order valence-corrected chi connectivity index (χ0v) is 12.6. The lowest BCUT2D eigenvalue weighted by atomic mass is 10.1.